The quantitative estimate of drug-likeness (QED) is 0.574. The maximum absolute atomic E-state index is 9.62. The molecule has 3 aromatic heterocycles. The first-order chi connectivity index (χ1) is 13.2. The average molecular weight is 377 g/mol. The monoisotopic (exact) mass is 377 g/mol. The summed E-state index contributed by atoms with van der Waals surface area (Å²) >= 11 is 1.53. The highest BCUT2D eigenvalue weighted by molar-refractivity contribution is 7.99. The van der Waals surface area contributed by atoms with Crippen molar-refractivity contribution in [2.75, 3.05) is 6.54 Å². The molecule has 136 valence electrons. The normalized spacial score (nSPS) is 11.3. The SMILES string of the molecule is CCn1c(CCN)nnc1Sc1cc(C)c(C#N)c2nc3ccccc3n12. The van der Waals surface area contributed by atoms with Crippen molar-refractivity contribution in [1.29, 1.82) is 5.26 Å². The highest BCUT2D eigenvalue weighted by Gasteiger charge is 2.18. The smallest absolute Gasteiger partial charge is 0.197 e. The number of rotatable bonds is 5. The molecule has 7 nitrogen and oxygen atoms in total. The first kappa shape index (κ1) is 17.5. The van der Waals surface area contributed by atoms with Crippen LogP contribution in [0.15, 0.2) is 40.5 Å². The number of fused-ring (bicyclic) bond motifs is 3. The van der Waals surface area contributed by atoms with Crippen LogP contribution in [0.3, 0.4) is 0 Å². The summed E-state index contributed by atoms with van der Waals surface area (Å²) in [6.07, 6.45) is 0.692. The number of para-hydroxylation sites is 2. The Morgan fingerprint density at radius 1 is 1.26 bits per heavy atom. The summed E-state index contributed by atoms with van der Waals surface area (Å²) < 4.78 is 4.11. The summed E-state index contributed by atoms with van der Waals surface area (Å²) in [6, 6.07) is 12.2. The summed E-state index contributed by atoms with van der Waals surface area (Å²) in [5.41, 5.74) is 9.68. The molecule has 8 heteroatoms. The highest BCUT2D eigenvalue weighted by Crippen LogP contribution is 2.33. The number of benzene rings is 1. The van der Waals surface area contributed by atoms with Crippen molar-refractivity contribution in [3.05, 3.63) is 47.3 Å². The maximum Gasteiger partial charge on any atom is 0.197 e. The van der Waals surface area contributed by atoms with Crippen molar-refractivity contribution >= 4 is 28.4 Å². The Morgan fingerprint density at radius 2 is 2.07 bits per heavy atom. The van der Waals surface area contributed by atoms with E-state index in [1.54, 1.807) is 0 Å². The molecule has 0 aliphatic carbocycles. The minimum atomic E-state index is 0.537. The Balaban J connectivity index is 1.94. The second-order valence-electron chi connectivity index (χ2n) is 6.20. The second-order valence-corrected chi connectivity index (χ2v) is 7.18. The minimum Gasteiger partial charge on any atom is -0.330 e. The Kier molecular flexibility index (Phi) is 4.56. The van der Waals surface area contributed by atoms with Gasteiger partial charge in [-0.25, -0.2) is 4.98 Å². The Morgan fingerprint density at radius 3 is 2.81 bits per heavy atom. The molecule has 0 aliphatic heterocycles. The molecule has 27 heavy (non-hydrogen) atoms. The lowest BCUT2D eigenvalue weighted by Crippen LogP contribution is -2.10. The minimum absolute atomic E-state index is 0.537. The lowest BCUT2D eigenvalue weighted by molar-refractivity contribution is 0.639. The Hall–Kier alpha value is -2.89. The zero-order valence-electron chi connectivity index (χ0n) is 15.2. The fraction of sp³-hybridized carbons (Fsp3) is 0.263. The van der Waals surface area contributed by atoms with Crippen molar-refractivity contribution in [1.82, 2.24) is 24.1 Å². The molecule has 0 unspecified atom stereocenters. The van der Waals surface area contributed by atoms with Crippen molar-refractivity contribution < 1.29 is 0 Å². The van der Waals surface area contributed by atoms with Crippen LogP contribution in [0.2, 0.25) is 0 Å². The number of nitriles is 1. The molecule has 0 spiro atoms. The maximum atomic E-state index is 9.62. The molecule has 4 aromatic rings. The summed E-state index contributed by atoms with van der Waals surface area (Å²) in [5.74, 6) is 0.889. The fourth-order valence-corrected chi connectivity index (χ4v) is 4.37. The third-order valence-corrected chi connectivity index (χ3v) is 5.52. The zero-order chi connectivity index (χ0) is 19.0. The lowest BCUT2D eigenvalue weighted by Gasteiger charge is -2.10. The zero-order valence-corrected chi connectivity index (χ0v) is 16.0. The standard InChI is InChI=1S/C19H19N7S/c1-3-25-16(8-9-20)23-24-19(25)27-17-10-12(2)13(11-21)18-22-14-6-4-5-7-15(14)26(17)18/h4-7,10H,3,8-9,20H2,1-2H3. The van der Waals surface area contributed by atoms with Crippen LogP contribution >= 0.6 is 11.8 Å². The van der Waals surface area contributed by atoms with Gasteiger partial charge in [0.25, 0.3) is 0 Å². The third kappa shape index (κ3) is 2.85. The van der Waals surface area contributed by atoms with Crippen LogP contribution in [0.4, 0.5) is 0 Å². The van der Waals surface area contributed by atoms with Crippen molar-refractivity contribution in [3.63, 3.8) is 0 Å². The number of pyridine rings is 1. The van der Waals surface area contributed by atoms with E-state index in [1.807, 2.05) is 41.7 Å². The number of imidazole rings is 1. The molecule has 2 N–H and O–H groups in total. The molecule has 0 fully saturated rings. The van der Waals surface area contributed by atoms with Crippen LogP contribution in [0, 0.1) is 18.3 Å². The number of aryl methyl sites for hydroxylation is 1. The van der Waals surface area contributed by atoms with Crippen LogP contribution in [-0.4, -0.2) is 30.7 Å². The van der Waals surface area contributed by atoms with Crippen LogP contribution in [-0.2, 0) is 13.0 Å². The number of nitrogens with two attached hydrogens (primary N) is 1. The van der Waals surface area contributed by atoms with Crippen molar-refractivity contribution in [3.8, 4) is 6.07 Å². The number of aromatic nitrogens is 5. The molecule has 4 rings (SSSR count). The van der Waals surface area contributed by atoms with Gasteiger partial charge in [0.2, 0.25) is 0 Å². The van der Waals surface area contributed by atoms with E-state index >= 15 is 0 Å². The highest BCUT2D eigenvalue weighted by atomic mass is 32.2. The molecular formula is C19H19N7S. The van der Waals surface area contributed by atoms with Gasteiger partial charge in [0.05, 0.1) is 21.6 Å². The topological polar surface area (TPSA) is 97.8 Å². The third-order valence-electron chi connectivity index (χ3n) is 4.52. The molecular weight excluding hydrogens is 358 g/mol. The van der Waals surface area contributed by atoms with Gasteiger partial charge in [0.15, 0.2) is 10.8 Å². The number of hydrogen-bond acceptors (Lipinski definition) is 6. The van der Waals surface area contributed by atoms with Gasteiger partial charge in [0.1, 0.15) is 11.9 Å². The largest absolute Gasteiger partial charge is 0.330 e. The molecule has 0 bridgehead atoms. The van der Waals surface area contributed by atoms with Gasteiger partial charge in [-0.3, -0.25) is 4.40 Å². The van der Waals surface area contributed by atoms with Crippen LogP contribution in [0.5, 0.6) is 0 Å². The molecule has 0 radical (unpaired) electrons. The van der Waals surface area contributed by atoms with Gasteiger partial charge in [-0.1, -0.05) is 12.1 Å². The van der Waals surface area contributed by atoms with Crippen molar-refractivity contribution in [2.45, 2.75) is 37.0 Å². The van der Waals surface area contributed by atoms with E-state index in [0.29, 0.717) is 24.2 Å². The van der Waals surface area contributed by atoms with E-state index in [1.165, 1.54) is 11.8 Å². The molecule has 3 heterocycles. The molecule has 0 saturated heterocycles. The summed E-state index contributed by atoms with van der Waals surface area (Å²) in [4.78, 5) is 4.69. The van der Waals surface area contributed by atoms with E-state index < -0.39 is 0 Å². The van der Waals surface area contributed by atoms with Gasteiger partial charge in [-0.2, -0.15) is 5.26 Å². The lowest BCUT2D eigenvalue weighted by atomic mass is 10.2. The first-order valence-corrected chi connectivity index (χ1v) is 9.60. The van der Waals surface area contributed by atoms with Crippen LogP contribution < -0.4 is 5.73 Å². The van der Waals surface area contributed by atoms with Gasteiger partial charge in [-0.05, 0) is 55.9 Å². The molecule has 0 atom stereocenters. The molecule has 1 aromatic carbocycles. The Labute approximate surface area is 160 Å². The van der Waals surface area contributed by atoms with Crippen molar-refractivity contribution in [2.24, 2.45) is 5.73 Å². The fourth-order valence-electron chi connectivity index (χ4n) is 3.25. The van der Waals surface area contributed by atoms with Crippen LogP contribution in [0.25, 0.3) is 16.7 Å². The van der Waals surface area contributed by atoms with E-state index in [0.717, 1.165) is 39.1 Å². The van der Waals surface area contributed by atoms with Crippen LogP contribution in [0.1, 0.15) is 23.9 Å². The number of nitrogens with zero attached hydrogens (tertiary/aromatic N) is 6. The van der Waals surface area contributed by atoms with E-state index in [9.17, 15) is 5.26 Å². The molecule has 0 aliphatic rings. The van der Waals surface area contributed by atoms with E-state index in [-0.39, 0.29) is 0 Å². The molecule has 0 amide bonds. The van der Waals surface area contributed by atoms with Gasteiger partial charge in [-0.15, -0.1) is 10.2 Å². The van der Waals surface area contributed by atoms with E-state index in [4.69, 9.17) is 10.7 Å². The first-order valence-electron chi connectivity index (χ1n) is 8.78. The van der Waals surface area contributed by atoms with Gasteiger partial charge < -0.3 is 10.3 Å². The number of hydrogen-bond donors (Lipinski definition) is 1. The van der Waals surface area contributed by atoms with Gasteiger partial charge in [0, 0.05) is 13.0 Å². The predicted octanol–water partition coefficient (Wildman–Crippen LogP) is 2.93. The summed E-state index contributed by atoms with van der Waals surface area (Å²) in [6.45, 7) is 5.31. The predicted molar refractivity (Wildman–Crippen MR) is 105 cm³/mol. The van der Waals surface area contributed by atoms with Gasteiger partial charge >= 0.3 is 0 Å². The van der Waals surface area contributed by atoms with E-state index in [2.05, 4.69) is 27.8 Å². The summed E-state index contributed by atoms with van der Waals surface area (Å²) in [5, 5.41) is 20.0. The molecule has 0 saturated carbocycles. The second kappa shape index (κ2) is 7.02. The summed E-state index contributed by atoms with van der Waals surface area (Å²) in [7, 11) is 0. The Bertz CT molecular complexity index is 1180. The average Bonchev–Trinajstić information content (AvgIpc) is 3.23.